The van der Waals surface area contributed by atoms with E-state index in [0.29, 0.717) is 35.5 Å². The van der Waals surface area contributed by atoms with E-state index < -0.39 is 32.8 Å². The van der Waals surface area contributed by atoms with Crippen molar-refractivity contribution >= 4 is 54.6 Å². The van der Waals surface area contributed by atoms with Crippen LogP contribution >= 0.6 is 11.3 Å². The summed E-state index contributed by atoms with van der Waals surface area (Å²) in [5, 5.41) is 13.3. The Morgan fingerprint density at radius 3 is 2.76 bits per heavy atom. The molecule has 176 valence electrons. The predicted molar refractivity (Wildman–Crippen MR) is 125 cm³/mol. The Kier molecular flexibility index (Phi) is 4.38. The number of carboxylic acids is 1. The molecule has 2 N–H and O–H groups in total. The zero-order valence-electron chi connectivity index (χ0n) is 18.1. The molecule has 0 unspecified atom stereocenters. The summed E-state index contributed by atoms with van der Waals surface area (Å²) in [6.07, 6.45) is 2.92. The number of carbonyl (C=O) groups is 2. The van der Waals surface area contributed by atoms with Crippen molar-refractivity contribution in [3.8, 4) is 0 Å². The average Bonchev–Trinajstić information content (AvgIpc) is 3.26. The van der Waals surface area contributed by atoms with Crippen molar-refractivity contribution in [1.29, 1.82) is 0 Å². The molecule has 3 aromatic heterocycles. The molecule has 2 aliphatic heterocycles. The third-order valence-corrected chi connectivity index (χ3v) is 10.2. The highest BCUT2D eigenvalue weighted by atomic mass is 32.2. The van der Waals surface area contributed by atoms with Gasteiger partial charge in [-0.1, -0.05) is 0 Å². The molecule has 0 aromatic carbocycles. The molecule has 1 spiro atoms. The molecule has 1 atom stereocenters. The number of aliphatic carboxylic acids is 1. The molecule has 1 aliphatic carbocycles. The van der Waals surface area contributed by atoms with E-state index in [1.165, 1.54) is 22.2 Å². The first kappa shape index (κ1) is 21.4. The summed E-state index contributed by atoms with van der Waals surface area (Å²) < 4.78 is 25.3. The van der Waals surface area contributed by atoms with Crippen molar-refractivity contribution in [3.63, 3.8) is 0 Å². The molecule has 3 aliphatic rings. The lowest BCUT2D eigenvalue weighted by Gasteiger charge is -2.38. The van der Waals surface area contributed by atoms with Crippen molar-refractivity contribution in [2.45, 2.75) is 38.1 Å². The van der Waals surface area contributed by atoms with E-state index in [-0.39, 0.29) is 35.1 Å². The molecule has 6 rings (SSSR count). The van der Waals surface area contributed by atoms with E-state index in [1.54, 1.807) is 13.0 Å². The number of nitrogens with one attached hydrogen (secondary N) is 1. The lowest BCUT2D eigenvalue weighted by molar-refractivity contribution is -0.142. The van der Waals surface area contributed by atoms with Crippen LogP contribution in [0.2, 0.25) is 0 Å². The number of aromatic nitrogens is 3. The number of fused-ring (bicyclic) bond motifs is 5. The van der Waals surface area contributed by atoms with Crippen LogP contribution in [0.4, 0.5) is 11.5 Å². The van der Waals surface area contributed by atoms with Crippen molar-refractivity contribution in [2.75, 3.05) is 16.8 Å². The summed E-state index contributed by atoms with van der Waals surface area (Å²) in [6, 6.07) is 1.60. The maximum atomic E-state index is 13.5. The van der Waals surface area contributed by atoms with Crippen LogP contribution in [0.25, 0.3) is 10.2 Å². The summed E-state index contributed by atoms with van der Waals surface area (Å²) in [4.78, 5) is 48.0. The maximum absolute atomic E-state index is 13.5. The van der Waals surface area contributed by atoms with E-state index in [2.05, 4.69) is 15.3 Å². The number of sulfone groups is 1. The first-order chi connectivity index (χ1) is 16.1. The molecular weight excluding hydrogens is 480 g/mol. The Bertz CT molecular complexity index is 1590. The number of Topliss-reactive ketones (excluding diaryl/α,β-unsaturated/α-hetero) is 1. The first-order valence-corrected chi connectivity index (χ1v) is 13.5. The number of rotatable bonds is 3. The maximum Gasteiger partial charge on any atom is 0.306 e. The van der Waals surface area contributed by atoms with Crippen molar-refractivity contribution in [3.05, 3.63) is 44.4 Å². The summed E-state index contributed by atoms with van der Waals surface area (Å²) in [6.45, 7) is 1.73. The molecule has 0 bridgehead atoms. The van der Waals surface area contributed by atoms with E-state index in [9.17, 15) is 27.9 Å². The Labute approximate surface area is 197 Å². The number of pyridine rings is 1. The molecule has 0 amide bonds. The number of aryl methyl sites for hydroxylation is 2. The van der Waals surface area contributed by atoms with Gasteiger partial charge in [-0.25, -0.2) is 18.4 Å². The van der Waals surface area contributed by atoms with Gasteiger partial charge in [0.15, 0.2) is 15.6 Å². The monoisotopic (exact) mass is 500 g/mol. The summed E-state index contributed by atoms with van der Waals surface area (Å²) in [7, 11) is -3.28. The Morgan fingerprint density at radius 1 is 1.29 bits per heavy atom. The fourth-order valence-electron chi connectivity index (χ4n) is 5.64. The second-order valence-corrected chi connectivity index (χ2v) is 12.5. The third-order valence-electron chi connectivity index (χ3n) is 7.04. The van der Waals surface area contributed by atoms with E-state index in [4.69, 9.17) is 0 Å². The normalized spacial score (nSPS) is 21.8. The van der Waals surface area contributed by atoms with Gasteiger partial charge in [-0.05, 0) is 43.4 Å². The van der Waals surface area contributed by atoms with Gasteiger partial charge in [-0.3, -0.25) is 19.0 Å². The summed E-state index contributed by atoms with van der Waals surface area (Å²) in [5.74, 6) is -1.46. The molecule has 1 saturated heterocycles. The number of nitrogens with zero attached hydrogens (tertiary/aromatic N) is 3. The van der Waals surface area contributed by atoms with Crippen LogP contribution in [0.1, 0.15) is 39.3 Å². The number of hydrogen-bond acceptors (Lipinski definition) is 9. The van der Waals surface area contributed by atoms with Crippen LogP contribution in [0.5, 0.6) is 0 Å². The van der Waals surface area contributed by atoms with Gasteiger partial charge in [-0.2, -0.15) is 0 Å². The van der Waals surface area contributed by atoms with Gasteiger partial charge in [0.25, 0.3) is 5.56 Å². The highest BCUT2D eigenvalue weighted by molar-refractivity contribution is 7.92. The van der Waals surface area contributed by atoms with Crippen molar-refractivity contribution in [2.24, 2.45) is 5.92 Å². The van der Waals surface area contributed by atoms with E-state index >= 15 is 0 Å². The molecule has 1 fully saturated rings. The van der Waals surface area contributed by atoms with E-state index in [1.807, 2.05) is 0 Å². The minimum atomic E-state index is -3.28. The van der Waals surface area contributed by atoms with Crippen LogP contribution in [-0.4, -0.2) is 51.3 Å². The Morgan fingerprint density at radius 2 is 2.06 bits per heavy atom. The molecular formula is C22H20N4O6S2. The number of hydrogen-bond donors (Lipinski definition) is 2. The molecule has 5 heterocycles. The predicted octanol–water partition coefficient (Wildman–Crippen LogP) is 1.80. The molecule has 0 radical (unpaired) electrons. The minimum absolute atomic E-state index is 0.00625. The lowest BCUT2D eigenvalue weighted by Crippen LogP contribution is -2.57. The average molecular weight is 501 g/mol. The van der Waals surface area contributed by atoms with Crippen LogP contribution in [-0.2, 0) is 33.0 Å². The Balaban J connectivity index is 1.46. The van der Waals surface area contributed by atoms with Gasteiger partial charge < -0.3 is 10.4 Å². The number of anilines is 2. The van der Waals surface area contributed by atoms with Crippen molar-refractivity contribution < 1.29 is 23.1 Å². The zero-order chi connectivity index (χ0) is 24.0. The highest BCUT2D eigenvalue weighted by Gasteiger charge is 2.56. The number of ketones is 1. The molecule has 0 saturated carbocycles. The Hall–Kier alpha value is -3.12. The zero-order valence-corrected chi connectivity index (χ0v) is 19.8. The topological polar surface area (TPSA) is 148 Å². The van der Waals surface area contributed by atoms with Gasteiger partial charge >= 0.3 is 5.97 Å². The molecule has 3 aromatic rings. The van der Waals surface area contributed by atoms with E-state index in [0.717, 1.165) is 15.8 Å². The van der Waals surface area contributed by atoms with Crippen LogP contribution in [0, 0.1) is 12.8 Å². The smallest absolute Gasteiger partial charge is 0.306 e. The largest absolute Gasteiger partial charge is 0.481 e. The SMILES string of the molecule is Cc1cc(Nc2ncnc3sc4c(c23)CC[C@H](C(=O)O)C4)c(=O)n2c1C(=O)CC21CS(=O)(=O)C1. The van der Waals surface area contributed by atoms with Crippen LogP contribution < -0.4 is 10.9 Å². The fourth-order valence-corrected chi connectivity index (χ4v) is 8.93. The second kappa shape index (κ2) is 6.95. The van der Waals surface area contributed by atoms with Gasteiger partial charge in [0.1, 0.15) is 22.7 Å². The van der Waals surface area contributed by atoms with Crippen LogP contribution in [0.3, 0.4) is 0 Å². The molecule has 34 heavy (non-hydrogen) atoms. The van der Waals surface area contributed by atoms with Gasteiger partial charge in [0.2, 0.25) is 0 Å². The molecule has 10 nitrogen and oxygen atoms in total. The van der Waals surface area contributed by atoms with Crippen LogP contribution in [0.15, 0.2) is 17.2 Å². The highest BCUT2D eigenvalue weighted by Crippen LogP contribution is 2.43. The van der Waals surface area contributed by atoms with Gasteiger partial charge in [-0.15, -0.1) is 11.3 Å². The quantitative estimate of drug-likeness (QED) is 0.549. The van der Waals surface area contributed by atoms with Gasteiger partial charge in [0.05, 0.1) is 34.0 Å². The van der Waals surface area contributed by atoms with Gasteiger partial charge in [0, 0.05) is 11.3 Å². The third kappa shape index (κ3) is 2.97. The number of carboxylic acid groups (broad SMARTS) is 1. The molecule has 12 heteroatoms. The summed E-state index contributed by atoms with van der Waals surface area (Å²) >= 11 is 1.44. The number of carbonyl (C=O) groups excluding carboxylic acids is 1. The second-order valence-electron chi connectivity index (χ2n) is 9.40. The minimum Gasteiger partial charge on any atom is -0.481 e. The first-order valence-electron chi connectivity index (χ1n) is 10.8. The fraction of sp³-hybridized carbons (Fsp3) is 0.409. The lowest BCUT2D eigenvalue weighted by atomic mass is 9.88. The van der Waals surface area contributed by atoms with Crippen molar-refractivity contribution in [1.82, 2.24) is 14.5 Å². The number of thiophene rings is 1. The summed E-state index contributed by atoms with van der Waals surface area (Å²) in [5.41, 5.74) is 0.595. The standard InChI is InChI=1S/C22H20N4O6S2/c1-10-4-13(20(28)26-17(10)14(27)6-22(26)7-34(31,32)8-22)25-18-16-12-3-2-11(21(29)30)5-15(12)33-19(16)24-9-23-18/h4,9,11H,2-3,5-8H2,1H3,(H,29,30)(H,23,24,25)/t11-/m0/s1.